The predicted molar refractivity (Wildman–Crippen MR) is 117 cm³/mol. The molecule has 5 rings (SSSR count). The number of aliphatic hydroxyl groups excluding tert-OH is 1. The fraction of sp³-hybridized carbons (Fsp3) is 0.160. The maximum absolute atomic E-state index is 14.4. The van der Waals surface area contributed by atoms with Crippen LogP contribution < -0.4 is 5.32 Å². The maximum atomic E-state index is 14.4. The molecule has 160 valence electrons. The standard InChI is InChI=1S/C25H20FN3O3/c26-19-9-8-16(22(30)13-18-17-6-2-1-5-15(17)12-23(18)31)11-20(19)28-25(32)21-14-27-24-7-3-4-10-29(21)24/h1-11,14,18,23,31H,12-13H2,(H,28,32)/t18-,23-/m0/s1. The molecular formula is C25H20FN3O3. The van der Waals surface area contributed by atoms with Crippen molar-refractivity contribution in [3.63, 3.8) is 0 Å². The van der Waals surface area contributed by atoms with Crippen molar-refractivity contribution in [2.24, 2.45) is 0 Å². The van der Waals surface area contributed by atoms with Crippen molar-refractivity contribution in [2.45, 2.75) is 24.9 Å². The highest BCUT2D eigenvalue weighted by Crippen LogP contribution is 2.36. The van der Waals surface area contributed by atoms with Gasteiger partial charge in [-0.25, -0.2) is 9.37 Å². The molecule has 1 amide bonds. The van der Waals surface area contributed by atoms with E-state index >= 15 is 0 Å². The van der Waals surface area contributed by atoms with Gasteiger partial charge in [-0.1, -0.05) is 30.3 Å². The molecule has 1 aliphatic rings. The summed E-state index contributed by atoms with van der Waals surface area (Å²) in [6, 6.07) is 16.9. The highest BCUT2D eigenvalue weighted by atomic mass is 19.1. The molecular weight excluding hydrogens is 409 g/mol. The molecule has 0 radical (unpaired) electrons. The average molecular weight is 429 g/mol. The van der Waals surface area contributed by atoms with Gasteiger partial charge in [0, 0.05) is 24.1 Å². The zero-order valence-electron chi connectivity index (χ0n) is 17.0. The summed E-state index contributed by atoms with van der Waals surface area (Å²) in [6.07, 6.45) is 3.09. The summed E-state index contributed by atoms with van der Waals surface area (Å²) in [5.41, 5.74) is 3.05. The normalized spacial score (nSPS) is 17.3. The van der Waals surface area contributed by atoms with Crippen LogP contribution in [-0.2, 0) is 6.42 Å². The summed E-state index contributed by atoms with van der Waals surface area (Å²) in [6.45, 7) is 0. The van der Waals surface area contributed by atoms with E-state index in [4.69, 9.17) is 0 Å². The fourth-order valence-electron chi connectivity index (χ4n) is 4.30. The van der Waals surface area contributed by atoms with Crippen molar-refractivity contribution in [3.8, 4) is 0 Å². The molecule has 2 aromatic carbocycles. The van der Waals surface area contributed by atoms with Crippen LogP contribution in [0.5, 0.6) is 0 Å². The number of halogens is 1. The van der Waals surface area contributed by atoms with E-state index in [1.54, 1.807) is 28.8 Å². The Bertz CT molecular complexity index is 1350. The number of carbonyl (C=O) groups is 2. The van der Waals surface area contributed by atoms with Crippen molar-refractivity contribution in [1.29, 1.82) is 0 Å². The van der Waals surface area contributed by atoms with Crippen LogP contribution in [0.25, 0.3) is 5.65 Å². The molecule has 0 aliphatic heterocycles. The van der Waals surface area contributed by atoms with Gasteiger partial charge in [0.1, 0.15) is 17.2 Å². The number of rotatable bonds is 5. The van der Waals surface area contributed by atoms with E-state index in [0.29, 0.717) is 12.1 Å². The first-order valence-electron chi connectivity index (χ1n) is 10.3. The Hall–Kier alpha value is -3.84. The largest absolute Gasteiger partial charge is 0.392 e. The van der Waals surface area contributed by atoms with Crippen LogP contribution in [0, 0.1) is 5.82 Å². The summed E-state index contributed by atoms with van der Waals surface area (Å²) in [7, 11) is 0. The van der Waals surface area contributed by atoms with Crippen molar-refractivity contribution in [3.05, 3.63) is 101 Å². The smallest absolute Gasteiger partial charge is 0.274 e. The molecule has 2 atom stereocenters. The summed E-state index contributed by atoms with van der Waals surface area (Å²) in [5.74, 6) is -1.71. The minimum absolute atomic E-state index is 0.0842. The van der Waals surface area contributed by atoms with E-state index in [0.717, 1.165) is 17.2 Å². The molecule has 0 spiro atoms. The summed E-state index contributed by atoms with van der Waals surface area (Å²) < 4.78 is 16.0. The summed E-state index contributed by atoms with van der Waals surface area (Å²) >= 11 is 0. The van der Waals surface area contributed by atoms with Gasteiger partial charge >= 0.3 is 0 Å². The second kappa shape index (κ2) is 8.01. The number of anilines is 1. The Morgan fingerprint density at radius 3 is 2.81 bits per heavy atom. The van der Waals surface area contributed by atoms with Crippen molar-refractivity contribution in [2.75, 3.05) is 5.32 Å². The lowest BCUT2D eigenvalue weighted by Gasteiger charge is -2.15. The Balaban J connectivity index is 1.37. The van der Waals surface area contributed by atoms with Crippen LogP contribution in [-0.4, -0.2) is 32.3 Å². The highest BCUT2D eigenvalue weighted by molar-refractivity contribution is 6.04. The molecule has 0 fully saturated rings. The number of fused-ring (bicyclic) bond motifs is 2. The van der Waals surface area contributed by atoms with Crippen LogP contribution >= 0.6 is 0 Å². The van der Waals surface area contributed by atoms with E-state index in [1.807, 2.05) is 24.3 Å². The number of carbonyl (C=O) groups excluding carboxylic acids is 2. The molecule has 0 unspecified atom stereocenters. The first kappa shape index (κ1) is 20.1. The van der Waals surface area contributed by atoms with Gasteiger partial charge in [-0.15, -0.1) is 0 Å². The summed E-state index contributed by atoms with van der Waals surface area (Å²) in [4.78, 5) is 29.8. The third-order valence-electron chi connectivity index (χ3n) is 5.94. The van der Waals surface area contributed by atoms with Gasteiger partial charge in [-0.2, -0.15) is 0 Å². The van der Waals surface area contributed by atoms with Crippen LogP contribution in [0.2, 0.25) is 0 Å². The molecule has 4 aromatic rings. The van der Waals surface area contributed by atoms with E-state index in [2.05, 4.69) is 10.3 Å². The number of aliphatic hydroxyl groups is 1. The minimum atomic E-state index is -0.644. The number of nitrogens with zero attached hydrogens (tertiary/aromatic N) is 2. The fourth-order valence-corrected chi connectivity index (χ4v) is 4.30. The van der Waals surface area contributed by atoms with Gasteiger partial charge in [-0.05, 0) is 47.9 Å². The van der Waals surface area contributed by atoms with E-state index < -0.39 is 17.8 Å². The lowest BCUT2D eigenvalue weighted by molar-refractivity contribution is 0.0920. The molecule has 2 aromatic heterocycles. The quantitative estimate of drug-likeness (QED) is 0.470. The van der Waals surface area contributed by atoms with Crippen molar-refractivity contribution >= 4 is 23.0 Å². The van der Waals surface area contributed by atoms with Gasteiger partial charge in [-0.3, -0.25) is 14.0 Å². The zero-order chi connectivity index (χ0) is 22.2. The second-order valence-electron chi connectivity index (χ2n) is 7.93. The van der Waals surface area contributed by atoms with Gasteiger partial charge in [0.25, 0.3) is 5.91 Å². The molecule has 7 heteroatoms. The van der Waals surface area contributed by atoms with Gasteiger partial charge < -0.3 is 10.4 Å². The number of nitrogens with one attached hydrogen (secondary N) is 1. The SMILES string of the molecule is O=C(C[C@H]1c2ccccc2C[C@@H]1O)c1ccc(F)c(NC(=O)c2cnc3ccccn23)c1. The van der Waals surface area contributed by atoms with Crippen LogP contribution in [0.3, 0.4) is 0 Å². The van der Waals surface area contributed by atoms with Gasteiger partial charge in [0.05, 0.1) is 18.0 Å². The number of benzene rings is 2. The van der Waals surface area contributed by atoms with E-state index in [-0.39, 0.29) is 35.1 Å². The summed E-state index contributed by atoms with van der Waals surface area (Å²) in [5, 5.41) is 13.0. The Morgan fingerprint density at radius 2 is 1.94 bits per heavy atom. The Morgan fingerprint density at radius 1 is 1.12 bits per heavy atom. The van der Waals surface area contributed by atoms with Crippen molar-refractivity contribution in [1.82, 2.24) is 9.38 Å². The molecule has 1 aliphatic carbocycles. The molecule has 0 bridgehead atoms. The topological polar surface area (TPSA) is 83.7 Å². The van der Waals surface area contributed by atoms with Crippen molar-refractivity contribution < 1.29 is 19.1 Å². The number of ketones is 1. The molecule has 6 nitrogen and oxygen atoms in total. The van der Waals surface area contributed by atoms with Crippen LogP contribution in [0.4, 0.5) is 10.1 Å². The third kappa shape index (κ3) is 3.56. The number of aromatic nitrogens is 2. The zero-order valence-corrected chi connectivity index (χ0v) is 17.0. The molecule has 0 saturated carbocycles. The second-order valence-corrected chi connectivity index (χ2v) is 7.93. The molecule has 32 heavy (non-hydrogen) atoms. The monoisotopic (exact) mass is 429 g/mol. The molecule has 2 N–H and O–H groups in total. The molecule has 2 heterocycles. The number of imidazole rings is 1. The Kier molecular flexibility index (Phi) is 5.03. The van der Waals surface area contributed by atoms with E-state index in [1.165, 1.54) is 18.3 Å². The number of amides is 1. The average Bonchev–Trinajstić information content (AvgIpc) is 3.36. The lowest BCUT2D eigenvalue weighted by atomic mass is 9.91. The lowest BCUT2D eigenvalue weighted by Crippen LogP contribution is -2.18. The number of pyridine rings is 1. The van der Waals surface area contributed by atoms with Crippen LogP contribution in [0.1, 0.15) is 44.3 Å². The highest BCUT2D eigenvalue weighted by Gasteiger charge is 2.32. The maximum Gasteiger partial charge on any atom is 0.274 e. The Labute approximate surface area is 183 Å². The van der Waals surface area contributed by atoms with E-state index in [9.17, 15) is 19.1 Å². The first-order chi connectivity index (χ1) is 15.5. The predicted octanol–water partition coefficient (Wildman–Crippen LogP) is 4.00. The first-order valence-corrected chi connectivity index (χ1v) is 10.3. The number of hydrogen-bond donors (Lipinski definition) is 2. The molecule has 0 saturated heterocycles. The number of Topliss-reactive ketones (excluding diaryl/α,β-unsaturated/α-hetero) is 1. The van der Waals surface area contributed by atoms with Crippen LogP contribution in [0.15, 0.2) is 73.1 Å². The minimum Gasteiger partial charge on any atom is -0.392 e. The third-order valence-corrected chi connectivity index (χ3v) is 5.94. The van der Waals surface area contributed by atoms with Gasteiger partial charge in [0.15, 0.2) is 5.78 Å². The number of hydrogen-bond acceptors (Lipinski definition) is 4. The van der Waals surface area contributed by atoms with Gasteiger partial charge in [0.2, 0.25) is 0 Å².